The van der Waals surface area contributed by atoms with Crippen LogP contribution in [0.3, 0.4) is 0 Å². The molecule has 0 heterocycles. The monoisotopic (exact) mass is 133 g/mol. The fourth-order valence-electron chi connectivity index (χ4n) is 0.474. The van der Waals surface area contributed by atoms with Gasteiger partial charge in [-0.1, -0.05) is 26.6 Å². The number of nitrogens with zero attached hydrogens (tertiary/aromatic N) is 1. The van der Waals surface area contributed by atoms with E-state index >= 15 is 0 Å². The molecular formula is C5H15NOSi. The molecule has 1 N–H and O–H groups in total. The highest BCUT2D eigenvalue weighted by Gasteiger charge is 2.19. The third kappa shape index (κ3) is 2.45. The largest absolute Gasteiger partial charge is 0.321 e. The zero-order valence-electron chi connectivity index (χ0n) is 6.10. The summed E-state index contributed by atoms with van der Waals surface area (Å²) in [6.45, 7) is 9.03. The molecule has 0 aromatic carbocycles. The Kier molecular flexibility index (Phi) is 2.66. The zero-order chi connectivity index (χ0) is 6.78. The summed E-state index contributed by atoms with van der Waals surface area (Å²) in [5, 5.41) is 9.09. The molecule has 0 amide bonds. The molecule has 0 unspecified atom stereocenters. The molecule has 0 rings (SSSR count). The number of hydroxylamine groups is 1. The van der Waals surface area contributed by atoms with Gasteiger partial charge in [-0.2, -0.15) is 0 Å². The van der Waals surface area contributed by atoms with E-state index in [1.165, 1.54) is 4.73 Å². The van der Waals surface area contributed by atoms with Crippen molar-refractivity contribution in [2.24, 2.45) is 0 Å². The van der Waals surface area contributed by atoms with Crippen LogP contribution in [-0.4, -0.2) is 24.7 Å². The van der Waals surface area contributed by atoms with Crippen molar-refractivity contribution in [3.8, 4) is 0 Å². The van der Waals surface area contributed by atoms with Gasteiger partial charge in [-0.3, -0.25) is 0 Å². The first kappa shape index (κ1) is 8.14. The van der Waals surface area contributed by atoms with Crippen LogP contribution in [0.5, 0.6) is 0 Å². The van der Waals surface area contributed by atoms with Gasteiger partial charge in [-0.05, 0) is 0 Å². The van der Waals surface area contributed by atoms with E-state index in [0.717, 1.165) is 6.54 Å². The second-order valence-electron chi connectivity index (χ2n) is 2.89. The summed E-state index contributed by atoms with van der Waals surface area (Å²) < 4.78 is 1.45. The van der Waals surface area contributed by atoms with E-state index in [-0.39, 0.29) is 0 Å². The molecule has 50 valence electrons. The fraction of sp³-hybridized carbons (Fsp3) is 1.00. The molecule has 0 saturated carbocycles. The molecule has 8 heavy (non-hydrogen) atoms. The molecule has 2 nitrogen and oxygen atoms in total. The summed E-state index contributed by atoms with van der Waals surface area (Å²) >= 11 is 0. The molecule has 0 spiro atoms. The summed E-state index contributed by atoms with van der Waals surface area (Å²) in [5.41, 5.74) is 0. The van der Waals surface area contributed by atoms with Gasteiger partial charge < -0.3 is 5.21 Å². The lowest BCUT2D eigenvalue weighted by Crippen LogP contribution is -2.43. The van der Waals surface area contributed by atoms with Gasteiger partial charge in [0.25, 0.3) is 0 Å². The van der Waals surface area contributed by atoms with Gasteiger partial charge in [-0.25, -0.2) is 4.73 Å². The predicted molar refractivity (Wildman–Crippen MR) is 37.5 cm³/mol. The minimum absolute atomic E-state index is 0.746. The Labute approximate surface area is 52.2 Å². The second kappa shape index (κ2) is 2.62. The third-order valence-electron chi connectivity index (χ3n) is 1.07. The zero-order valence-corrected chi connectivity index (χ0v) is 7.10. The average Bonchev–Trinajstić information content (AvgIpc) is 1.62. The van der Waals surface area contributed by atoms with Gasteiger partial charge in [0.15, 0.2) is 8.24 Å². The summed E-state index contributed by atoms with van der Waals surface area (Å²) in [7, 11) is -1.37. The fourth-order valence-corrected chi connectivity index (χ4v) is 1.42. The van der Waals surface area contributed by atoms with E-state index in [0.29, 0.717) is 0 Å². The molecule has 0 atom stereocenters. The molecule has 0 aliphatic rings. The van der Waals surface area contributed by atoms with Crippen molar-refractivity contribution in [2.45, 2.75) is 26.6 Å². The van der Waals surface area contributed by atoms with Crippen LogP contribution < -0.4 is 0 Å². The van der Waals surface area contributed by atoms with Gasteiger partial charge >= 0.3 is 0 Å². The Hall–Kier alpha value is 0.137. The van der Waals surface area contributed by atoms with Gasteiger partial charge in [0, 0.05) is 6.54 Å². The minimum atomic E-state index is -1.37. The van der Waals surface area contributed by atoms with Crippen molar-refractivity contribution in [3.05, 3.63) is 0 Å². The smallest absolute Gasteiger partial charge is 0.151 e. The molecule has 3 heteroatoms. The summed E-state index contributed by atoms with van der Waals surface area (Å²) in [5.74, 6) is 0. The van der Waals surface area contributed by atoms with Crippen LogP contribution in [0, 0.1) is 0 Å². The first-order valence-electron chi connectivity index (χ1n) is 2.95. The van der Waals surface area contributed by atoms with Crippen molar-refractivity contribution < 1.29 is 5.21 Å². The molecule has 0 aromatic heterocycles. The SMILES string of the molecule is CCN(O)[Si](C)(C)C. The van der Waals surface area contributed by atoms with E-state index in [1.54, 1.807) is 0 Å². The van der Waals surface area contributed by atoms with Crippen molar-refractivity contribution >= 4 is 8.24 Å². The van der Waals surface area contributed by atoms with Crippen molar-refractivity contribution in [2.75, 3.05) is 6.54 Å². The minimum Gasteiger partial charge on any atom is -0.321 e. The highest BCUT2D eigenvalue weighted by atomic mass is 28.3. The Bertz CT molecular complexity index is 69.3. The molecule has 0 fully saturated rings. The van der Waals surface area contributed by atoms with Crippen molar-refractivity contribution in [3.63, 3.8) is 0 Å². The van der Waals surface area contributed by atoms with E-state index in [9.17, 15) is 0 Å². The molecule has 0 aliphatic carbocycles. The van der Waals surface area contributed by atoms with Crippen LogP contribution in [0.2, 0.25) is 19.6 Å². The molecule has 0 aromatic rings. The summed E-state index contributed by atoms with van der Waals surface area (Å²) in [6.07, 6.45) is 0. The van der Waals surface area contributed by atoms with Gasteiger partial charge in [0.2, 0.25) is 0 Å². The lowest BCUT2D eigenvalue weighted by Gasteiger charge is -2.25. The molecule has 0 aliphatic heterocycles. The third-order valence-corrected chi connectivity index (χ3v) is 2.94. The van der Waals surface area contributed by atoms with E-state index in [1.807, 2.05) is 6.92 Å². The average molecular weight is 133 g/mol. The number of hydrogen-bond donors (Lipinski definition) is 1. The quantitative estimate of drug-likeness (QED) is 0.456. The van der Waals surface area contributed by atoms with Crippen LogP contribution in [0.25, 0.3) is 0 Å². The predicted octanol–water partition coefficient (Wildman–Crippen LogP) is 1.53. The van der Waals surface area contributed by atoms with Crippen molar-refractivity contribution in [1.29, 1.82) is 0 Å². The molecule has 0 radical (unpaired) electrons. The highest BCUT2D eigenvalue weighted by Crippen LogP contribution is 2.03. The second-order valence-corrected chi connectivity index (χ2v) is 7.74. The standard InChI is InChI=1S/C5H15NOSi/c1-5-6(7)8(2,3)4/h7H,5H2,1-4H3. The van der Waals surface area contributed by atoms with Crippen LogP contribution in [-0.2, 0) is 0 Å². The van der Waals surface area contributed by atoms with Gasteiger partial charge in [-0.15, -0.1) is 0 Å². The number of rotatable bonds is 2. The Morgan fingerprint density at radius 1 is 1.38 bits per heavy atom. The Morgan fingerprint density at radius 3 is 1.75 bits per heavy atom. The normalized spacial score (nSPS) is 12.8. The van der Waals surface area contributed by atoms with Crippen LogP contribution >= 0.6 is 0 Å². The van der Waals surface area contributed by atoms with Crippen molar-refractivity contribution in [1.82, 2.24) is 4.73 Å². The lowest BCUT2D eigenvalue weighted by atomic mass is 10.8. The van der Waals surface area contributed by atoms with Crippen LogP contribution in [0.15, 0.2) is 0 Å². The number of hydrogen-bond acceptors (Lipinski definition) is 2. The maximum absolute atomic E-state index is 9.09. The molecule has 0 bridgehead atoms. The maximum Gasteiger partial charge on any atom is 0.151 e. The summed E-state index contributed by atoms with van der Waals surface area (Å²) in [4.78, 5) is 0. The molecule has 0 saturated heterocycles. The van der Waals surface area contributed by atoms with E-state index < -0.39 is 8.24 Å². The molecular weight excluding hydrogens is 118 g/mol. The van der Waals surface area contributed by atoms with E-state index in [4.69, 9.17) is 5.21 Å². The Balaban J connectivity index is 3.62. The first-order chi connectivity index (χ1) is 3.48. The van der Waals surface area contributed by atoms with Gasteiger partial charge in [0.05, 0.1) is 0 Å². The maximum atomic E-state index is 9.09. The van der Waals surface area contributed by atoms with Gasteiger partial charge in [0.1, 0.15) is 0 Å². The van der Waals surface area contributed by atoms with Crippen LogP contribution in [0.4, 0.5) is 0 Å². The summed E-state index contributed by atoms with van der Waals surface area (Å²) in [6, 6.07) is 0. The topological polar surface area (TPSA) is 23.5 Å². The van der Waals surface area contributed by atoms with Crippen LogP contribution in [0.1, 0.15) is 6.92 Å². The highest BCUT2D eigenvalue weighted by molar-refractivity contribution is 6.72. The Morgan fingerprint density at radius 2 is 1.75 bits per heavy atom. The lowest BCUT2D eigenvalue weighted by molar-refractivity contribution is -0.00508. The van der Waals surface area contributed by atoms with E-state index in [2.05, 4.69) is 19.6 Å². The first-order valence-corrected chi connectivity index (χ1v) is 6.39.